The average Bonchev–Trinajstić information content (AvgIpc) is 2.96. The fourth-order valence-corrected chi connectivity index (χ4v) is 2.54. The van der Waals surface area contributed by atoms with Crippen molar-refractivity contribution in [3.63, 3.8) is 0 Å². The van der Waals surface area contributed by atoms with Crippen molar-refractivity contribution in [2.24, 2.45) is 4.99 Å². The number of benzene rings is 1. The van der Waals surface area contributed by atoms with Gasteiger partial charge in [0.25, 0.3) is 0 Å². The Morgan fingerprint density at radius 3 is 2.60 bits per heavy atom. The van der Waals surface area contributed by atoms with Crippen LogP contribution in [0.5, 0.6) is 0 Å². The van der Waals surface area contributed by atoms with Crippen LogP contribution in [0.25, 0.3) is 0 Å². The van der Waals surface area contributed by atoms with Gasteiger partial charge in [-0.15, -0.1) is 0 Å². The molecule has 2 rings (SSSR count). The summed E-state index contributed by atoms with van der Waals surface area (Å²) in [5, 5.41) is 9.13. The van der Waals surface area contributed by atoms with E-state index in [0.717, 1.165) is 30.2 Å². The van der Waals surface area contributed by atoms with Gasteiger partial charge < -0.3 is 9.84 Å². The van der Waals surface area contributed by atoms with Gasteiger partial charge in [-0.3, -0.25) is 9.89 Å². The molecule has 25 heavy (non-hydrogen) atoms. The highest BCUT2D eigenvalue weighted by atomic mass is 19.4. The minimum Gasteiger partial charge on any atom is -0.467 e. The van der Waals surface area contributed by atoms with Crippen LogP contribution in [0.1, 0.15) is 17.5 Å². The van der Waals surface area contributed by atoms with Crippen molar-refractivity contribution >= 4 is 17.9 Å². The number of amides is 1. The fourth-order valence-electron chi connectivity index (χ4n) is 2.54. The number of esters is 1. The molecule has 1 amide bonds. The number of carbonyl (C=O) groups is 2. The van der Waals surface area contributed by atoms with Crippen molar-refractivity contribution in [3.8, 4) is 0 Å². The monoisotopic (exact) mass is 362 g/mol. The third-order valence-electron chi connectivity index (χ3n) is 3.70. The second-order valence-corrected chi connectivity index (χ2v) is 5.24. The molecule has 1 N–H and O–H groups in total. The predicted molar refractivity (Wildman–Crippen MR) is 77.7 cm³/mol. The summed E-state index contributed by atoms with van der Waals surface area (Å²) in [5.74, 6) is -1.91. The Hall–Kier alpha value is -2.65. The Labute approximate surface area is 139 Å². The van der Waals surface area contributed by atoms with E-state index in [4.69, 9.17) is 5.11 Å². The molecule has 0 saturated carbocycles. The van der Waals surface area contributed by atoms with E-state index in [-0.39, 0.29) is 18.8 Å². The van der Waals surface area contributed by atoms with E-state index in [2.05, 4.69) is 9.73 Å². The van der Waals surface area contributed by atoms with Crippen LogP contribution in [0.3, 0.4) is 0 Å². The number of rotatable bonds is 4. The van der Waals surface area contributed by atoms with Gasteiger partial charge in [0.1, 0.15) is 11.7 Å². The van der Waals surface area contributed by atoms with Crippen LogP contribution < -0.4 is 0 Å². The molecule has 0 saturated heterocycles. The Balaban J connectivity index is 2.25. The highest BCUT2D eigenvalue weighted by Gasteiger charge is 2.36. The summed E-state index contributed by atoms with van der Waals surface area (Å²) in [6.07, 6.45) is -6.84. The predicted octanol–water partition coefficient (Wildman–Crippen LogP) is 2.71. The number of carboxylic acid groups (broad SMARTS) is 1. The maximum Gasteiger partial charge on any atom is 0.416 e. The number of aliphatic imine (C=N–C) groups is 1. The summed E-state index contributed by atoms with van der Waals surface area (Å²) in [6, 6.07) is 1.51. The number of ether oxygens (including phenoxy) is 1. The largest absolute Gasteiger partial charge is 0.467 e. The minimum absolute atomic E-state index is 0.112. The number of nitrogens with zero attached hydrogens (tertiary/aromatic N) is 2. The lowest BCUT2D eigenvalue weighted by Crippen LogP contribution is -2.36. The summed E-state index contributed by atoms with van der Waals surface area (Å²) in [5.41, 5.74) is -1.71. The molecule has 0 spiro atoms. The van der Waals surface area contributed by atoms with E-state index in [1.54, 1.807) is 0 Å². The second kappa shape index (κ2) is 7.08. The van der Waals surface area contributed by atoms with Gasteiger partial charge in [0.15, 0.2) is 6.04 Å². The van der Waals surface area contributed by atoms with Crippen molar-refractivity contribution in [3.05, 3.63) is 35.1 Å². The fraction of sp³-hybridized carbons (Fsp3) is 0.400. The molecular formula is C15H14F4N2O4. The summed E-state index contributed by atoms with van der Waals surface area (Å²) in [6.45, 7) is -0.291. The third kappa shape index (κ3) is 4.06. The average molecular weight is 362 g/mol. The van der Waals surface area contributed by atoms with Gasteiger partial charge in [0.2, 0.25) is 0 Å². The van der Waals surface area contributed by atoms with Gasteiger partial charge in [0.05, 0.1) is 19.2 Å². The molecule has 1 aliphatic rings. The minimum atomic E-state index is -4.74. The van der Waals surface area contributed by atoms with E-state index in [0.29, 0.717) is 0 Å². The lowest BCUT2D eigenvalue weighted by atomic mass is 10.0. The van der Waals surface area contributed by atoms with Gasteiger partial charge in [0, 0.05) is 12.0 Å². The number of alkyl halides is 3. The lowest BCUT2D eigenvalue weighted by molar-refractivity contribution is -0.142. The first-order chi connectivity index (χ1) is 11.6. The highest BCUT2D eigenvalue weighted by Crippen LogP contribution is 2.33. The second-order valence-electron chi connectivity index (χ2n) is 5.24. The van der Waals surface area contributed by atoms with Gasteiger partial charge in [-0.05, 0) is 18.6 Å². The molecular weight excluding hydrogens is 348 g/mol. The van der Waals surface area contributed by atoms with Gasteiger partial charge in [-0.2, -0.15) is 13.2 Å². The Morgan fingerprint density at radius 1 is 1.36 bits per heavy atom. The van der Waals surface area contributed by atoms with Crippen LogP contribution in [0.4, 0.5) is 22.4 Å². The van der Waals surface area contributed by atoms with Crippen LogP contribution in [0.15, 0.2) is 23.2 Å². The number of carbonyl (C=O) groups excluding carboxylic acids is 1. The van der Waals surface area contributed by atoms with Gasteiger partial charge in [-0.25, -0.2) is 14.0 Å². The number of methoxy groups -OCH3 is 1. The van der Waals surface area contributed by atoms with E-state index >= 15 is 0 Å². The van der Waals surface area contributed by atoms with E-state index in [9.17, 15) is 27.2 Å². The molecule has 1 atom stereocenters. The Morgan fingerprint density at radius 2 is 2.04 bits per heavy atom. The standard InChI is InChI=1S/C15H14F4N2O4/c1-25-13(22)11-7-21(14(23)24)12(20-11)6-5-8-9(15(17,18)19)3-2-4-10(8)16/h2-4,11H,5-7H2,1H3,(H,23,24). The quantitative estimate of drug-likeness (QED) is 0.660. The van der Waals surface area contributed by atoms with E-state index in [1.807, 2.05) is 0 Å². The Kier molecular flexibility index (Phi) is 5.29. The molecule has 0 fully saturated rings. The first kappa shape index (κ1) is 18.7. The van der Waals surface area contributed by atoms with Crippen LogP contribution >= 0.6 is 0 Å². The summed E-state index contributed by atoms with van der Waals surface area (Å²) < 4.78 is 57.3. The molecule has 0 aromatic heterocycles. The SMILES string of the molecule is COC(=O)C1CN(C(=O)O)C(CCc2c(F)cccc2C(F)(F)F)=N1. The molecule has 0 bridgehead atoms. The van der Waals surface area contributed by atoms with Crippen molar-refractivity contribution in [1.82, 2.24) is 4.90 Å². The van der Waals surface area contributed by atoms with Gasteiger partial charge >= 0.3 is 18.2 Å². The van der Waals surface area contributed by atoms with Crippen LogP contribution in [-0.4, -0.2) is 47.6 Å². The van der Waals surface area contributed by atoms with Crippen molar-refractivity contribution in [2.75, 3.05) is 13.7 Å². The number of halogens is 4. The first-order valence-electron chi connectivity index (χ1n) is 7.14. The lowest BCUT2D eigenvalue weighted by Gasteiger charge is -2.16. The van der Waals surface area contributed by atoms with Crippen LogP contribution in [0, 0.1) is 5.82 Å². The number of amidine groups is 1. The molecule has 136 valence electrons. The Bertz CT molecular complexity index is 718. The summed E-state index contributed by atoms with van der Waals surface area (Å²) in [7, 11) is 1.11. The van der Waals surface area contributed by atoms with E-state index < -0.39 is 47.6 Å². The molecule has 1 aromatic rings. The number of hydrogen-bond acceptors (Lipinski definition) is 4. The zero-order valence-electron chi connectivity index (χ0n) is 13.0. The third-order valence-corrected chi connectivity index (χ3v) is 3.70. The first-order valence-corrected chi connectivity index (χ1v) is 7.14. The maximum atomic E-state index is 13.8. The zero-order chi connectivity index (χ0) is 18.8. The van der Waals surface area contributed by atoms with E-state index in [1.165, 1.54) is 0 Å². The zero-order valence-corrected chi connectivity index (χ0v) is 13.0. The number of hydrogen-bond donors (Lipinski definition) is 1. The van der Waals surface area contributed by atoms with Crippen molar-refractivity contribution < 1.29 is 37.0 Å². The molecule has 10 heteroatoms. The highest BCUT2D eigenvalue weighted by molar-refractivity contribution is 5.99. The molecule has 1 unspecified atom stereocenters. The van der Waals surface area contributed by atoms with Crippen molar-refractivity contribution in [1.29, 1.82) is 0 Å². The topological polar surface area (TPSA) is 79.2 Å². The van der Waals surface area contributed by atoms with Crippen LogP contribution in [-0.2, 0) is 22.1 Å². The van der Waals surface area contributed by atoms with Crippen molar-refractivity contribution in [2.45, 2.75) is 25.1 Å². The normalized spacial score (nSPS) is 17.4. The molecule has 0 aliphatic carbocycles. The smallest absolute Gasteiger partial charge is 0.416 e. The molecule has 1 aliphatic heterocycles. The van der Waals surface area contributed by atoms with Crippen LogP contribution in [0.2, 0.25) is 0 Å². The maximum absolute atomic E-state index is 13.8. The summed E-state index contributed by atoms with van der Waals surface area (Å²) in [4.78, 5) is 27.3. The molecule has 1 aromatic carbocycles. The molecule has 0 radical (unpaired) electrons. The molecule has 1 heterocycles. The molecule has 6 nitrogen and oxygen atoms in total. The van der Waals surface area contributed by atoms with Gasteiger partial charge in [-0.1, -0.05) is 6.07 Å². The summed E-state index contributed by atoms with van der Waals surface area (Å²) >= 11 is 0.